The fourth-order valence-corrected chi connectivity index (χ4v) is 3.17. The Kier molecular flexibility index (Phi) is 9.61. The smallest absolute Gasteiger partial charge is 0.224 e. The van der Waals surface area contributed by atoms with Crippen molar-refractivity contribution in [3.8, 4) is 0 Å². The maximum atomic E-state index is 6.07. The first-order valence-corrected chi connectivity index (χ1v) is 10.8. The molecule has 0 spiro atoms. The molecule has 0 amide bonds. The Balaban J connectivity index is 1.70. The lowest BCUT2D eigenvalue weighted by atomic mass is 10.1. The molecular formula is C20H33BrN4O3. The summed E-state index contributed by atoms with van der Waals surface area (Å²) in [6.45, 7) is 12.6. The van der Waals surface area contributed by atoms with Gasteiger partial charge in [0.05, 0.1) is 11.3 Å². The Morgan fingerprint density at radius 2 is 2.11 bits per heavy atom. The maximum Gasteiger partial charge on any atom is 0.224 e. The van der Waals surface area contributed by atoms with Crippen molar-refractivity contribution < 1.29 is 14.3 Å². The van der Waals surface area contributed by atoms with E-state index in [-0.39, 0.29) is 11.9 Å². The molecule has 2 aliphatic heterocycles. The van der Waals surface area contributed by atoms with Crippen molar-refractivity contribution in [1.29, 1.82) is 0 Å². The van der Waals surface area contributed by atoms with Crippen molar-refractivity contribution in [1.82, 2.24) is 4.90 Å². The van der Waals surface area contributed by atoms with Crippen molar-refractivity contribution in [2.75, 3.05) is 26.3 Å². The van der Waals surface area contributed by atoms with Crippen LogP contribution in [0.3, 0.4) is 0 Å². The van der Waals surface area contributed by atoms with Crippen LogP contribution in [0.5, 0.6) is 0 Å². The lowest BCUT2D eigenvalue weighted by Gasteiger charge is -2.32. The maximum absolute atomic E-state index is 6.07. The molecule has 0 N–H and O–H groups in total. The van der Waals surface area contributed by atoms with Gasteiger partial charge in [0.25, 0.3) is 0 Å². The second-order valence-corrected chi connectivity index (χ2v) is 8.96. The molecule has 0 aliphatic carbocycles. The summed E-state index contributed by atoms with van der Waals surface area (Å²) in [5.41, 5.74) is 0.786. The third kappa shape index (κ3) is 8.41. The van der Waals surface area contributed by atoms with Crippen molar-refractivity contribution in [2.45, 2.75) is 71.2 Å². The largest absolute Gasteiger partial charge is 0.396 e. The molecule has 0 aromatic heterocycles. The van der Waals surface area contributed by atoms with E-state index in [0.717, 1.165) is 62.0 Å². The summed E-state index contributed by atoms with van der Waals surface area (Å²) >= 11 is 3.36. The predicted octanol–water partition coefficient (Wildman–Crippen LogP) is 4.48. The fraction of sp³-hybridized carbons (Fsp3) is 0.750. The first-order valence-electron chi connectivity index (χ1n) is 9.98. The lowest BCUT2D eigenvalue weighted by molar-refractivity contribution is -0.219. The number of ether oxygens (including phenoxy) is 2. The van der Waals surface area contributed by atoms with E-state index in [4.69, 9.17) is 14.3 Å². The molecule has 0 aromatic rings. The normalized spacial score (nSPS) is 22.2. The third-order valence-electron chi connectivity index (χ3n) is 4.70. The molecule has 2 saturated heterocycles. The molecule has 0 bridgehead atoms. The van der Waals surface area contributed by atoms with Gasteiger partial charge in [-0.2, -0.15) is 0 Å². The van der Waals surface area contributed by atoms with Crippen molar-refractivity contribution >= 4 is 34.3 Å². The number of aliphatic imine (C=N–C) groups is 2. The Hall–Kier alpha value is -1.25. The quantitative estimate of drug-likeness (QED) is 0.245. The summed E-state index contributed by atoms with van der Waals surface area (Å²) in [5, 5.41) is 4.32. The van der Waals surface area contributed by atoms with Gasteiger partial charge in [-0.25, -0.2) is 9.98 Å². The van der Waals surface area contributed by atoms with E-state index in [1.807, 2.05) is 6.92 Å². The number of guanidine groups is 1. The SMILES string of the molecule is C=NC(=N/C=C(\C)Br)N1CCC(=NOCCC(C)(C)OC2CCCCO2)CC1. The monoisotopic (exact) mass is 456 g/mol. The molecule has 28 heavy (non-hydrogen) atoms. The Morgan fingerprint density at radius 1 is 1.36 bits per heavy atom. The van der Waals surface area contributed by atoms with Crippen LogP contribution >= 0.6 is 15.9 Å². The Morgan fingerprint density at radius 3 is 2.71 bits per heavy atom. The number of oxime groups is 1. The van der Waals surface area contributed by atoms with Crippen molar-refractivity contribution in [3.63, 3.8) is 0 Å². The number of rotatable bonds is 7. The van der Waals surface area contributed by atoms with E-state index in [1.54, 1.807) is 6.20 Å². The molecular weight excluding hydrogens is 424 g/mol. The van der Waals surface area contributed by atoms with Crippen molar-refractivity contribution in [2.24, 2.45) is 15.1 Å². The number of nitrogens with zero attached hydrogens (tertiary/aromatic N) is 4. The van der Waals surface area contributed by atoms with Gasteiger partial charge < -0.3 is 19.2 Å². The van der Waals surface area contributed by atoms with Crippen LogP contribution in [0.2, 0.25) is 0 Å². The second kappa shape index (κ2) is 11.7. The molecule has 0 saturated carbocycles. The highest BCUT2D eigenvalue weighted by atomic mass is 79.9. The predicted molar refractivity (Wildman–Crippen MR) is 117 cm³/mol. The minimum Gasteiger partial charge on any atom is -0.396 e. The first-order chi connectivity index (χ1) is 13.4. The molecule has 0 radical (unpaired) electrons. The number of halogens is 1. The molecule has 1 atom stereocenters. The molecule has 7 nitrogen and oxygen atoms in total. The van der Waals surface area contributed by atoms with Gasteiger partial charge in [0, 0.05) is 49.6 Å². The summed E-state index contributed by atoms with van der Waals surface area (Å²) in [5.74, 6) is 0.641. The first kappa shape index (κ1) is 23.0. The molecule has 0 aromatic carbocycles. The lowest BCUT2D eigenvalue weighted by Crippen LogP contribution is -2.38. The minimum absolute atomic E-state index is 0.0862. The summed E-state index contributed by atoms with van der Waals surface area (Å²) in [4.78, 5) is 16.1. The number of piperidine rings is 1. The van der Waals surface area contributed by atoms with Gasteiger partial charge in [-0.1, -0.05) is 21.1 Å². The average Bonchev–Trinajstić information content (AvgIpc) is 2.67. The van der Waals surface area contributed by atoms with Gasteiger partial charge in [0.1, 0.15) is 6.61 Å². The number of allylic oxidation sites excluding steroid dienone is 1. The van der Waals surface area contributed by atoms with E-state index in [2.05, 4.69) is 56.5 Å². The van der Waals surface area contributed by atoms with E-state index in [9.17, 15) is 0 Å². The van der Waals surface area contributed by atoms with Gasteiger partial charge >= 0.3 is 0 Å². The molecule has 2 heterocycles. The fourth-order valence-electron chi connectivity index (χ4n) is 3.07. The highest BCUT2D eigenvalue weighted by Gasteiger charge is 2.26. The van der Waals surface area contributed by atoms with Crippen LogP contribution in [0.15, 0.2) is 25.8 Å². The second-order valence-electron chi connectivity index (χ2n) is 7.70. The number of hydrogen-bond acceptors (Lipinski definition) is 5. The highest BCUT2D eigenvalue weighted by molar-refractivity contribution is 9.11. The van der Waals surface area contributed by atoms with Crippen molar-refractivity contribution in [3.05, 3.63) is 10.7 Å². The Labute approximate surface area is 177 Å². The van der Waals surface area contributed by atoms with E-state index >= 15 is 0 Å². The zero-order valence-corrected chi connectivity index (χ0v) is 18.9. The van der Waals surface area contributed by atoms with Crippen LogP contribution in [0, 0.1) is 0 Å². The minimum atomic E-state index is -0.284. The van der Waals surface area contributed by atoms with Gasteiger partial charge in [0.15, 0.2) is 6.29 Å². The summed E-state index contributed by atoms with van der Waals surface area (Å²) in [6.07, 6.45) is 7.35. The van der Waals surface area contributed by atoms with Gasteiger partial charge in [-0.3, -0.25) is 0 Å². The van der Waals surface area contributed by atoms with Crippen LogP contribution in [0.4, 0.5) is 0 Å². The topological polar surface area (TPSA) is 68.0 Å². The Bertz CT molecular complexity index is 584. The van der Waals surface area contributed by atoms with E-state index < -0.39 is 0 Å². The highest BCUT2D eigenvalue weighted by Crippen LogP contribution is 2.23. The van der Waals surface area contributed by atoms with Crippen LogP contribution in [0.1, 0.15) is 59.3 Å². The van der Waals surface area contributed by atoms with Gasteiger partial charge in [0.2, 0.25) is 5.96 Å². The van der Waals surface area contributed by atoms with Gasteiger partial charge in [-0.15, -0.1) is 0 Å². The third-order valence-corrected chi connectivity index (χ3v) is 4.90. The number of hydrogen-bond donors (Lipinski definition) is 0. The van der Waals surface area contributed by atoms with E-state index in [1.165, 1.54) is 6.42 Å². The summed E-state index contributed by atoms with van der Waals surface area (Å²) in [7, 11) is 0. The molecule has 2 rings (SSSR count). The molecule has 8 heteroatoms. The molecule has 1 unspecified atom stereocenters. The zero-order valence-electron chi connectivity index (χ0n) is 17.3. The van der Waals surface area contributed by atoms with Gasteiger partial charge in [-0.05, 0) is 46.8 Å². The van der Waals surface area contributed by atoms with E-state index in [0.29, 0.717) is 12.6 Å². The number of likely N-dealkylation sites (tertiary alicyclic amines) is 1. The van der Waals surface area contributed by atoms with Crippen LogP contribution in [-0.2, 0) is 14.3 Å². The van der Waals surface area contributed by atoms with Crippen LogP contribution in [0.25, 0.3) is 0 Å². The summed E-state index contributed by atoms with van der Waals surface area (Å²) in [6, 6.07) is 0. The zero-order chi connectivity index (χ0) is 20.4. The molecule has 2 fully saturated rings. The van der Waals surface area contributed by atoms with Crippen LogP contribution < -0.4 is 0 Å². The molecule has 158 valence electrons. The average molecular weight is 457 g/mol. The summed E-state index contributed by atoms with van der Waals surface area (Å²) < 4.78 is 12.7. The molecule has 2 aliphatic rings. The van der Waals surface area contributed by atoms with Crippen LogP contribution in [-0.4, -0.2) is 61.5 Å². The standard InChI is InChI=1S/C20H33BrN4O3/c1-16(21)15-23-19(22-4)25-11-8-17(9-12-25)24-27-14-10-20(2,3)28-18-7-5-6-13-26-18/h15,18H,4-14H2,1-3H3/b16-15+,23-19?.